The Hall–Kier alpha value is -1.65. The minimum Gasteiger partial charge on any atom is -0.262 e. The first-order valence-corrected chi connectivity index (χ1v) is 6.03. The van der Waals surface area contributed by atoms with Crippen molar-refractivity contribution in [2.75, 3.05) is 0 Å². The van der Waals surface area contributed by atoms with Gasteiger partial charge in [-0.3, -0.25) is 9.38 Å². The lowest BCUT2D eigenvalue weighted by atomic mass is 10.1. The molecule has 90 valence electrons. The fraction of sp³-hybridized carbons (Fsp3) is 0.0833. The maximum atomic E-state index is 6.13. The zero-order valence-electron chi connectivity index (χ0n) is 9.43. The lowest BCUT2D eigenvalue weighted by Crippen LogP contribution is -1.94. The van der Waals surface area contributed by atoms with Crippen molar-refractivity contribution >= 4 is 28.8 Å². The Labute approximate surface area is 113 Å². The van der Waals surface area contributed by atoms with E-state index < -0.39 is 0 Å². The molecule has 0 aliphatic heterocycles. The molecule has 0 spiro atoms. The second kappa shape index (κ2) is 4.23. The predicted octanol–water partition coefficient (Wildman–Crippen LogP) is 3.41. The average molecular weight is 279 g/mol. The molecule has 0 radical (unpaired) electrons. The fourth-order valence-electron chi connectivity index (χ4n) is 1.82. The third kappa shape index (κ3) is 1.74. The van der Waals surface area contributed by atoms with Crippen molar-refractivity contribution < 1.29 is 0 Å². The molecule has 1 aromatic carbocycles. The summed E-state index contributed by atoms with van der Waals surface area (Å²) in [6.45, 7) is 1.99. The molecule has 0 bridgehead atoms. The van der Waals surface area contributed by atoms with Crippen LogP contribution in [0.3, 0.4) is 0 Å². The number of benzene rings is 1. The number of rotatable bonds is 1. The van der Waals surface area contributed by atoms with Crippen molar-refractivity contribution in [3.8, 4) is 11.4 Å². The van der Waals surface area contributed by atoms with Gasteiger partial charge in [-0.25, -0.2) is 0 Å². The lowest BCUT2D eigenvalue weighted by molar-refractivity contribution is 1.10. The van der Waals surface area contributed by atoms with Gasteiger partial charge in [-0.05, 0) is 24.6 Å². The van der Waals surface area contributed by atoms with Crippen molar-refractivity contribution in [3.05, 3.63) is 46.3 Å². The quantitative estimate of drug-likeness (QED) is 0.685. The molecule has 0 fully saturated rings. The summed E-state index contributed by atoms with van der Waals surface area (Å²) in [6.07, 6.45) is 3.17. The molecule has 0 aliphatic rings. The minimum atomic E-state index is 0.465. The molecular weight excluding hydrogens is 271 g/mol. The highest BCUT2D eigenvalue weighted by Crippen LogP contribution is 2.27. The van der Waals surface area contributed by atoms with Gasteiger partial charge in [0.05, 0.1) is 12.4 Å². The second-order valence-electron chi connectivity index (χ2n) is 3.91. The molecule has 4 nitrogen and oxygen atoms in total. The molecule has 6 heteroatoms. The molecule has 0 unspecified atom stereocenters. The zero-order chi connectivity index (χ0) is 12.7. The van der Waals surface area contributed by atoms with Crippen molar-refractivity contribution in [3.63, 3.8) is 0 Å². The maximum Gasteiger partial charge on any atom is 0.180 e. The van der Waals surface area contributed by atoms with Crippen molar-refractivity contribution in [1.29, 1.82) is 0 Å². The normalized spacial score (nSPS) is 11.1. The molecule has 0 atom stereocenters. The van der Waals surface area contributed by atoms with Crippen molar-refractivity contribution in [2.45, 2.75) is 6.92 Å². The standard InChI is InChI=1S/C12H8Cl2N4/c1-7-2-3-8(13)4-9(7)12-17-16-11-6-15-5-10(14)18(11)12/h2-6H,1H3. The molecular formula is C12H8Cl2N4. The molecule has 0 aliphatic carbocycles. The molecule has 2 aromatic heterocycles. The van der Waals surface area contributed by atoms with Crippen LogP contribution >= 0.6 is 23.2 Å². The van der Waals surface area contributed by atoms with E-state index in [1.165, 1.54) is 0 Å². The van der Waals surface area contributed by atoms with Gasteiger partial charge in [0.15, 0.2) is 11.5 Å². The zero-order valence-corrected chi connectivity index (χ0v) is 10.9. The van der Waals surface area contributed by atoms with E-state index in [9.17, 15) is 0 Å². The Bertz CT molecular complexity index is 736. The Balaban J connectivity index is 2.35. The van der Waals surface area contributed by atoms with E-state index >= 15 is 0 Å². The molecule has 0 saturated carbocycles. The Morgan fingerprint density at radius 2 is 1.94 bits per heavy atom. The third-order valence-corrected chi connectivity index (χ3v) is 3.22. The molecule has 18 heavy (non-hydrogen) atoms. The summed E-state index contributed by atoms with van der Waals surface area (Å²) in [5.74, 6) is 0.664. The summed E-state index contributed by atoms with van der Waals surface area (Å²) >= 11 is 12.2. The predicted molar refractivity (Wildman–Crippen MR) is 71.0 cm³/mol. The Kier molecular flexibility index (Phi) is 2.69. The number of aromatic nitrogens is 4. The summed E-state index contributed by atoms with van der Waals surface area (Å²) in [5, 5.41) is 9.32. The second-order valence-corrected chi connectivity index (χ2v) is 4.73. The van der Waals surface area contributed by atoms with Crippen LogP contribution in [0.5, 0.6) is 0 Å². The van der Waals surface area contributed by atoms with Crippen LogP contribution in [0.4, 0.5) is 0 Å². The number of halogens is 2. The van der Waals surface area contributed by atoms with Crippen LogP contribution in [0.25, 0.3) is 17.0 Å². The Morgan fingerprint density at radius 3 is 2.78 bits per heavy atom. The van der Waals surface area contributed by atoms with E-state index in [-0.39, 0.29) is 0 Å². The van der Waals surface area contributed by atoms with Gasteiger partial charge in [0.1, 0.15) is 5.15 Å². The monoisotopic (exact) mass is 278 g/mol. The fourth-order valence-corrected chi connectivity index (χ4v) is 2.22. The van der Waals surface area contributed by atoms with Gasteiger partial charge in [-0.2, -0.15) is 0 Å². The number of hydrogen-bond acceptors (Lipinski definition) is 3. The molecule has 0 amide bonds. The van der Waals surface area contributed by atoms with E-state index in [1.807, 2.05) is 25.1 Å². The van der Waals surface area contributed by atoms with Crippen LogP contribution in [0.2, 0.25) is 10.2 Å². The van der Waals surface area contributed by atoms with Gasteiger partial charge in [-0.15, -0.1) is 10.2 Å². The van der Waals surface area contributed by atoms with Gasteiger partial charge in [0, 0.05) is 10.6 Å². The molecule has 2 heterocycles. The first kappa shape index (κ1) is 11.4. The van der Waals surface area contributed by atoms with Crippen LogP contribution < -0.4 is 0 Å². The number of nitrogens with zero attached hydrogens (tertiary/aromatic N) is 4. The smallest absolute Gasteiger partial charge is 0.180 e. The topological polar surface area (TPSA) is 43.1 Å². The Morgan fingerprint density at radius 1 is 1.11 bits per heavy atom. The molecule has 3 rings (SSSR count). The summed E-state index contributed by atoms with van der Waals surface area (Å²) in [4.78, 5) is 3.98. The van der Waals surface area contributed by atoms with Crippen LogP contribution in [0.15, 0.2) is 30.6 Å². The van der Waals surface area contributed by atoms with Gasteiger partial charge < -0.3 is 0 Å². The van der Waals surface area contributed by atoms with E-state index in [1.54, 1.807) is 16.8 Å². The summed E-state index contributed by atoms with van der Waals surface area (Å²) in [7, 11) is 0. The van der Waals surface area contributed by atoms with Crippen molar-refractivity contribution in [1.82, 2.24) is 19.6 Å². The van der Waals surface area contributed by atoms with Crippen LogP contribution in [-0.2, 0) is 0 Å². The summed E-state index contributed by atoms with van der Waals surface area (Å²) < 4.78 is 1.74. The highest BCUT2D eigenvalue weighted by Gasteiger charge is 2.13. The minimum absolute atomic E-state index is 0.465. The molecule has 0 N–H and O–H groups in total. The summed E-state index contributed by atoms with van der Waals surface area (Å²) in [5.41, 5.74) is 2.57. The number of aryl methyl sites for hydroxylation is 1. The maximum absolute atomic E-state index is 6.13. The highest BCUT2D eigenvalue weighted by molar-refractivity contribution is 6.31. The summed E-state index contributed by atoms with van der Waals surface area (Å²) in [6, 6.07) is 5.63. The first-order chi connectivity index (χ1) is 8.66. The van der Waals surface area contributed by atoms with E-state index in [0.717, 1.165) is 11.1 Å². The third-order valence-electron chi connectivity index (χ3n) is 2.71. The molecule has 3 aromatic rings. The van der Waals surface area contributed by atoms with Gasteiger partial charge in [0.25, 0.3) is 0 Å². The van der Waals surface area contributed by atoms with E-state index in [4.69, 9.17) is 23.2 Å². The average Bonchev–Trinajstić information content (AvgIpc) is 2.77. The van der Waals surface area contributed by atoms with E-state index in [0.29, 0.717) is 21.6 Å². The van der Waals surface area contributed by atoms with Crippen LogP contribution in [0, 0.1) is 6.92 Å². The van der Waals surface area contributed by atoms with E-state index in [2.05, 4.69) is 15.2 Å². The first-order valence-electron chi connectivity index (χ1n) is 5.28. The largest absolute Gasteiger partial charge is 0.262 e. The van der Waals surface area contributed by atoms with Gasteiger partial charge >= 0.3 is 0 Å². The van der Waals surface area contributed by atoms with Crippen molar-refractivity contribution in [2.24, 2.45) is 0 Å². The van der Waals surface area contributed by atoms with Crippen LogP contribution in [-0.4, -0.2) is 19.6 Å². The van der Waals surface area contributed by atoms with Gasteiger partial charge in [0.2, 0.25) is 0 Å². The van der Waals surface area contributed by atoms with Crippen LogP contribution in [0.1, 0.15) is 5.56 Å². The lowest BCUT2D eigenvalue weighted by Gasteiger charge is -2.05. The SMILES string of the molecule is Cc1ccc(Cl)cc1-c1nnc2cncc(Cl)n12. The number of fused-ring (bicyclic) bond motifs is 1. The highest BCUT2D eigenvalue weighted by atomic mass is 35.5. The van der Waals surface area contributed by atoms with Gasteiger partial charge in [-0.1, -0.05) is 29.3 Å². The molecule has 0 saturated heterocycles. The number of hydrogen-bond donors (Lipinski definition) is 0.